The largest absolute Gasteiger partial charge is 3.00 e. The molecule has 2 radical (unpaired) electrons. The van der Waals surface area contributed by atoms with Crippen LogP contribution in [0.25, 0.3) is 0 Å². The van der Waals surface area contributed by atoms with Crippen LogP contribution in [0.15, 0.2) is 0 Å². The molecule has 0 aromatic carbocycles. The van der Waals surface area contributed by atoms with E-state index in [4.69, 9.17) is 0 Å². The van der Waals surface area contributed by atoms with Crippen molar-refractivity contribution in [3.05, 3.63) is 0 Å². The molecule has 0 heterocycles. The fourth-order valence-corrected chi connectivity index (χ4v) is 0. The Bertz CT molecular complexity index is 17.8. The summed E-state index contributed by atoms with van der Waals surface area (Å²) in [6, 6.07) is 0. The first-order chi connectivity index (χ1) is 0. The van der Waals surface area contributed by atoms with E-state index in [1.807, 2.05) is 0 Å². The Morgan fingerprint density at radius 3 is 0.444 bits per heavy atom. The van der Waals surface area contributed by atoms with Crippen molar-refractivity contribution in [3.8, 4) is 0 Å². The fraction of sp³-hybridized carbons (Fsp3) is 0. The van der Waals surface area contributed by atoms with Gasteiger partial charge in [0.15, 0.2) is 0 Å². The van der Waals surface area contributed by atoms with Crippen LogP contribution >= 0.6 is 0 Å². The van der Waals surface area contributed by atoms with E-state index < -0.39 is 0 Å². The molecule has 0 aromatic rings. The van der Waals surface area contributed by atoms with Crippen molar-refractivity contribution in [2.45, 2.75) is 0 Å². The van der Waals surface area contributed by atoms with Crippen LogP contribution in [-0.4, -0.2) is 34.7 Å². The average Bonchev–Trinajstić information content (AvgIpc) is 0. The molecule has 0 saturated carbocycles. The van der Waals surface area contributed by atoms with Crippen molar-refractivity contribution < 1.29 is 121 Å². The zero-order chi connectivity index (χ0) is 0. The van der Waals surface area contributed by atoms with Crippen LogP contribution in [0.2, 0.25) is 0 Å². The Kier molecular flexibility index (Phi) is 1020. The number of rotatable bonds is 0. The van der Waals surface area contributed by atoms with Gasteiger partial charge in [-0.25, -0.2) is 0 Å². The van der Waals surface area contributed by atoms with Crippen molar-refractivity contribution in [2.75, 3.05) is 0 Å². The maximum Gasteiger partial charge on any atom is 3.00 e. The van der Waals surface area contributed by atoms with Gasteiger partial charge in [0.1, 0.15) is 0 Å². The first-order valence-corrected chi connectivity index (χ1v) is 0. The first-order valence-electron chi connectivity index (χ1n) is 0. The molecule has 0 bridgehead atoms. The topological polar surface area (TPSA) is 85.5 Å². The van der Waals surface area contributed by atoms with Gasteiger partial charge in [-0.3, -0.25) is 0 Å². The van der Waals surface area contributed by atoms with Crippen molar-refractivity contribution in [1.82, 2.24) is 0 Å². The first kappa shape index (κ1) is 108. The van der Waals surface area contributed by atoms with Gasteiger partial charge >= 0.3 is 34.7 Å². The van der Waals surface area contributed by atoms with Crippen LogP contribution in [0.4, 0.5) is 0 Å². The quantitative estimate of drug-likeness (QED) is 0.380. The molecule has 0 N–H and O–H groups in total. The van der Waals surface area contributed by atoms with Gasteiger partial charge < -0.3 is 16.4 Å². The molecule has 0 unspecified atom stereocenters. The molecule has 50 valence electrons. The van der Waals surface area contributed by atoms with Crippen molar-refractivity contribution in [3.63, 3.8) is 0 Å². The van der Waals surface area contributed by atoms with Crippen LogP contribution in [0.5, 0.6) is 0 Å². The summed E-state index contributed by atoms with van der Waals surface area (Å²) in [6.07, 6.45) is 0. The van der Waals surface area contributed by atoms with Crippen LogP contribution in [0.1, 0.15) is 0 Å². The van der Waals surface area contributed by atoms with E-state index in [1.54, 1.807) is 0 Å². The Balaban J connectivity index is 0. The molecule has 0 rings (SSSR count). The molecular weight excluding hydrogens is 497 g/mol. The van der Waals surface area contributed by atoms with Gasteiger partial charge in [-0.1, -0.05) is 0 Å². The summed E-state index contributed by atoms with van der Waals surface area (Å²) in [4.78, 5) is 0. The van der Waals surface area contributed by atoms with E-state index in [1.165, 1.54) is 0 Å². The summed E-state index contributed by atoms with van der Waals surface area (Å²) in [5.41, 5.74) is 0. The average molecular weight is 497 g/mol. The Morgan fingerprint density at radius 1 is 0.444 bits per heavy atom. The van der Waals surface area contributed by atoms with E-state index in [-0.39, 0.29) is 155 Å². The molecule has 3 nitrogen and oxygen atoms in total. The third-order valence-electron chi connectivity index (χ3n) is 0. The molecule has 0 amide bonds. The summed E-state index contributed by atoms with van der Waals surface area (Å²) < 4.78 is 0. The Hall–Kier alpha value is 4.32. The van der Waals surface area contributed by atoms with Gasteiger partial charge in [0, 0.05) is 104 Å². The summed E-state index contributed by atoms with van der Waals surface area (Å²) in [5, 5.41) is 0. The predicted octanol–water partition coefficient (Wildman–Crippen LogP) is -1.12. The van der Waals surface area contributed by atoms with Gasteiger partial charge in [0.2, 0.25) is 0 Å². The second-order valence-corrected chi connectivity index (χ2v) is 0. The third kappa shape index (κ3) is 70.3. The molecule has 9 heteroatoms. The maximum atomic E-state index is 0. The van der Waals surface area contributed by atoms with E-state index >= 15 is 0 Å². The monoisotopic (exact) mass is 496 g/mol. The van der Waals surface area contributed by atoms with E-state index in [2.05, 4.69) is 0 Å². The smallest absolute Gasteiger partial charge is 2.00 e. The van der Waals surface area contributed by atoms with E-state index in [0.29, 0.717) is 0 Å². The van der Waals surface area contributed by atoms with Gasteiger partial charge in [-0.2, -0.15) is 0 Å². The predicted molar refractivity (Wildman–Crippen MR) is 13.6 cm³/mol. The van der Waals surface area contributed by atoms with Crippen LogP contribution < -0.4 is 0 Å². The summed E-state index contributed by atoms with van der Waals surface area (Å²) >= 11 is 0. The molecular formula is Al2La2Ni2O3. The molecule has 0 spiro atoms. The molecule has 0 aromatic heterocycles. The molecule has 0 aliphatic heterocycles. The van der Waals surface area contributed by atoms with Crippen molar-refractivity contribution in [1.29, 1.82) is 0 Å². The zero-order valence-corrected chi connectivity index (χ0v) is 15.7. The van der Waals surface area contributed by atoms with Crippen LogP contribution in [-0.2, 0) is 49.4 Å². The molecule has 0 fully saturated rings. The fourth-order valence-electron chi connectivity index (χ4n) is 0. The third-order valence-corrected chi connectivity index (χ3v) is 0. The van der Waals surface area contributed by atoms with Crippen LogP contribution in [0.3, 0.4) is 0 Å². The molecule has 0 aliphatic rings. The second-order valence-electron chi connectivity index (χ2n) is 0. The van der Waals surface area contributed by atoms with E-state index in [9.17, 15) is 0 Å². The minimum absolute atomic E-state index is 0. The van der Waals surface area contributed by atoms with Gasteiger partial charge in [-0.15, -0.1) is 0 Å². The molecule has 9 heavy (non-hydrogen) atoms. The SMILES string of the molecule is [Al+3].[Al+3].[La].[La].[Ni].[Ni].[O-2].[O-2].[O-2]. The van der Waals surface area contributed by atoms with Crippen molar-refractivity contribution >= 4 is 34.7 Å². The minimum atomic E-state index is 0. The summed E-state index contributed by atoms with van der Waals surface area (Å²) in [7, 11) is 0. The summed E-state index contributed by atoms with van der Waals surface area (Å²) in [5.74, 6) is 0. The minimum Gasteiger partial charge on any atom is -2.00 e. The standard InChI is InChI=1S/2Al.2La.2Ni.3O/q2*+3;;;;;3*-2. The number of hydrogen-bond acceptors (Lipinski definition) is 0. The normalized spacial score (nSPS) is 0. The van der Waals surface area contributed by atoms with Crippen LogP contribution in [0, 0.1) is 71.2 Å². The van der Waals surface area contributed by atoms with Crippen molar-refractivity contribution in [2.24, 2.45) is 0 Å². The molecule has 0 aliphatic carbocycles. The second kappa shape index (κ2) is 84.6. The zero-order valence-electron chi connectivity index (χ0n) is 4.17. The van der Waals surface area contributed by atoms with E-state index in [0.717, 1.165) is 0 Å². The maximum absolute atomic E-state index is 0. The van der Waals surface area contributed by atoms with Gasteiger partial charge in [-0.05, 0) is 0 Å². The number of hydrogen-bond donors (Lipinski definition) is 0. The summed E-state index contributed by atoms with van der Waals surface area (Å²) in [6.45, 7) is 0. The molecule has 0 atom stereocenters. The molecule has 0 saturated heterocycles. The van der Waals surface area contributed by atoms with Gasteiger partial charge in [0.05, 0.1) is 0 Å². The Labute approximate surface area is 152 Å². The van der Waals surface area contributed by atoms with Gasteiger partial charge in [0.25, 0.3) is 0 Å². The Morgan fingerprint density at radius 2 is 0.444 bits per heavy atom.